The predicted molar refractivity (Wildman–Crippen MR) is 52.6 cm³/mol. The third-order valence-corrected chi connectivity index (χ3v) is 2.63. The maximum atomic E-state index is 11.4. The van der Waals surface area contributed by atoms with Crippen molar-refractivity contribution in [1.29, 1.82) is 0 Å². The van der Waals surface area contributed by atoms with Crippen molar-refractivity contribution in [2.45, 2.75) is 13.8 Å². The fourth-order valence-corrected chi connectivity index (χ4v) is 1.82. The standard InChI is InChI=1S/C7H7NO3S2/c1-3-5-6(10)8(7(12)13-5)11-4(2)9/h3H,1-2H3/b5-3+. The van der Waals surface area contributed by atoms with Gasteiger partial charge in [-0.25, -0.2) is 4.79 Å². The van der Waals surface area contributed by atoms with Crippen molar-refractivity contribution in [1.82, 2.24) is 5.06 Å². The van der Waals surface area contributed by atoms with Gasteiger partial charge in [-0.3, -0.25) is 4.79 Å². The number of allylic oxidation sites excluding steroid dienone is 1. The van der Waals surface area contributed by atoms with E-state index in [1.54, 1.807) is 13.0 Å². The lowest BCUT2D eigenvalue weighted by Gasteiger charge is -2.10. The number of hydroxylamine groups is 2. The molecule has 6 heteroatoms. The van der Waals surface area contributed by atoms with Gasteiger partial charge in [-0.1, -0.05) is 17.8 Å². The number of hydrogen-bond acceptors (Lipinski definition) is 5. The summed E-state index contributed by atoms with van der Waals surface area (Å²) in [5.74, 6) is -0.943. The molecule has 4 nitrogen and oxygen atoms in total. The Balaban J connectivity index is 2.82. The van der Waals surface area contributed by atoms with Crippen LogP contribution in [0.5, 0.6) is 0 Å². The van der Waals surface area contributed by atoms with Crippen LogP contribution in [0.3, 0.4) is 0 Å². The van der Waals surface area contributed by atoms with Gasteiger partial charge in [0.15, 0.2) is 4.32 Å². The van der Waals surface area contributed by atoms with Crippen LogP contribution in [-0.4, -0.2) is 21.3 Å². The van der Waals surface area contributed by atoms with Crippen molar-refractivity contribution in [3.05, 3.63) is 11.0 Å². The van der Waals surface area contributed by atoms with E-state index in [9.17, 15) is 9.59 Å². The molecule has 0 unspecified atom stereocenters. The Labute approximate surface area is 84.9 Å². The highest BCUT2D eigenvalue weighted by Crippen LogP contribution is 2.30. The van der Waals surface area contributed by atoms with E-state index in [0.717, 1.165) is 16.8 Å². The molecule has 0 bridgehead atoms. The van der Waals surface area contributed by atoms with Crippen LogP contribution in [0, 0.1) is 0 Å². The molecule has 0 aromatic rings. The highest BCUT2D eigenvalue weighted by atomic mass is 32.2. The number of thioether (sulfide) groups is 1. The average Bonchev–Trinajstić information content (AvgIpc) is 2.31. The van der Waals surface area contributed by atoms with Gasteiger partial charge in [-0.15, -0.1) is 5.06 Å². The summed E-state index contributed by atoms with van der Waals surface area (Å²) in [6.45, 7) is 2.94. The first-order chi connectivity index (χ1) is 6.06. The second-order valence-corrected chi connectivity index (χ2v) is 3.88. The van der Waals surface area contributed by atoms with E-state index in [4.69, 9.17) is 12.2 Å². The monoisotopic (exact) mass is 217 g/mol. The highest BCUT2D eigenvalue weighted by molar-refractivity contribution is 8.26. The molecular weight excluding hydrogens is 210 g/mol. The Morgan fingerprint density at radius 2 is 2.31 bits per heavy atom. The topological polar surface area (TPSA) is 46.6 Å². The largest absolute Gasteiger partial charge is 0.332 e. The van der Waals surface area contributed by atoms with Crippen LogP contribution in [0.4, 0.5) is 0 Å². The molecule has 0 aromatic carbocycles. The highest BCUT2D eigenvalue weighted by Gasteiger charge is 2.34. The smallest absolute Gasteiger partial charge is 0.330 e. The van der Waals surface area contributed by atoms with Crippen molar-refractivity contribution in [3.8, 4) is 0 Å². The number of thiocarbonyl (C=S) groups is 1. The SMILES string of the molecule is C/C=C1/SC(=S)N(OC(C)=O)C1=O. The first-order valence-electron chi connectivity index (χ1n) is 3.47. The normalized spacial score (nSPS) is 19.8. The van der Waals surface area contributed by atoms with Gasteiger partial charge >= 0.3 is 5.97 Å². The molecule has 1 saturated heterocycles. The number of rotatable bonds is 1. The molecule has 1 amide bonds. The fourth-order valence-electron chi connectivity index (χ4n) is 0.752. The van der Waals surface area contributed by atoms with Crippen LogP contribution in [0.25, 0.3) is 0 Å². The zero-order valence-corrected chi connectivity index (χ0v) is 8.70. The van der Waals surface area contributed by atoms with Crippen LogP contribution in [0.1, 0.15) is 13.8 Å². The molecular formula is C7H7NO3S2. The van der Waals surface area contributed by atoms with E-state index >= 15 is 0 Å². The lowest BCUT2D eigenvalue weighted by molar-refractivity contribution is -0.176. The Kier molecular flexibility index (Phi) is 3.05. The molecule has 0 aromatic heterocycles. The van der Waals surface area contributed by atoms with Crippen LogP contribution >= 0.6 is 24.0 Å². The molecule has 0 aliphatic carbocycles. The number of amides is 1. The Hall–Kier alpha value is -0.880. The molecule has 0 N–H and O–H groups in total. The van der Waals surface area contributed by atoms with Gasteiger partial charge in [0.1, 0.15) is 0 Å². The van der Waals surface area contributed by atoms with Crippen molar-refractivity contribution >= 4 is 40.2 Å². The van der Waals surface area contributed by atoms with E-state index in [-0.39, 0.29) is 10.2 Å². The minimum absolute atomic E-state index is 0.244. The first-order valence-corrected chi connectivity index (χ1v) is 4.70. The summed E-state index contributed by atoms with van der Waals surface area (Å²) in [5, 5.41) is 0.831. The molecule has 1 aliphatic heterocycles. The second kappa shape index (κ2) is 3.89. The molecule has 1 fully saturated rings. The summed E-state index contributed by atoms with van der Waals surface area (Å²) in [5.41, 5.74) is 0. The molecule has 0 spiro atoms. The van der Waals surface area contributed by atoms with Gasteiger partial charge in [0, 0.05) is 6.92 Å². The lowest BCUT2D eigenvalue weighted by atomic mass is 10.5. The van der Waals surface area contributed by atoms with Crippen molar-refractivity contribution in [3.63, 3.8) is 0 Å². The van der Waals surface area contributed by atoms with Gasteiger partial charge < -0.3 is 4.84 Å². The second-order valence-electron chi connectivity index (χ2n) is 2.20. The number of nitrogens with zero attached hydrogens (tertiary/aromatic N) is 1. The van der Waals surface area contributed by atoms with Crippen molar-refractivity contribution < 1.29 is 14.4 Å². The zero-order valence-electron chi connectivity index (χ0n) is 7.07. The van der Waals surface area contributed by atoms with Gasteiger partial charge in [0.05, 0.1) is 4.91 Å². The van der Waals surface area contributed by atoms with E-state index in [0.29, 0.717) is 4.91 Å². The maximum Gasteiger partial charge on any atom is 0.330 e. The Morgan fingerprint density at radius 1 is 1.69 bits per heavy atom. The van der Waals surface area contributed by atoms with Crippen LogP contribution in [0.15, 0.2) is 11.0 Å². The summed E-state index contributed by atoms with van der Waals surface area (Å²) in [6, 6.07) is 0. The third-order valence-electron chi connectivity index (χ3n) is 1.24. The molecule has 0 saturated carbocycles. The predicted octanol–water partition coefficient (Wildman–Crippen LogP) is 1.23. The summed E-state index contributed by atoms with van der Waals surface area (Å²) in [4.78, 5) is 27.0. The Morgan fingerprint density at radius 3 is 2.69 bits per heavy atom. The molecule has 1 rings (SSSR count). The molecule has 0 atom stereocenters. The van der Waals surface area contributed by atoms with Gasteiger partial charge in [-0.05, 0) is 19.1 Å². The van der Waals surface area contributed by atoms with Gasteiger partial charge in [-0.2, -0.15) is 0 Å². The van der Waals surface area contributed by atoms with Crippen molar-refractivity contribution in [2.75, 3.05) is 0 Å². The van der Waals surface area contributed by atoms with Crippen LogP contribution in [-0.2, 0) is 14.4 Å². The third kappa shape index (κ3) is 2.07. The van der Waals surface area contributed by atoms with Crippen molar-refractivity contribution in [2.24, 2.45) is 0 Å². The molecule has 70 valence electrons. The van der Waals surface area contributed by atoms with E-state index in [1.807, 2.05) is 0 Å². The van der Waals surface area contributed by atoms with Gasteiger partial charge in [0.2, 0.25) is 0 Å². The summed E-state index contributed by atoms with van der Waals surface area (Å²) in [6.07, 6.45) is 1.63. The number of carbonyl (C=O) groups excluding carboxylic acids is 2. The summed E-state index contributed by atoms with van der Waals surface area (Å²) in [7, 11) is 0. The molecule has 13 heavy (non-hydrogen) atoms. The fraction of sp³-hybridized carbons (Fsp3) is 0.286. The number of hydrogen-bond donors (Lipinski definition) is 0. The molecule has 0 radical (unpaired) electrons. The van der Waals surface area contributed by atoms with Crippen LogP contribution < -0.4 is 0 Å². The molecule has 1 heterocycles. The average molecular weight is 217 g/mol. The number of carbonyl (C=O) groups is 2. The lowest BCUT2D eigenvalue weighted by Crippen LogP contribution is -2.30. The van der Waals surface area contributed by atoms with Crippen LogP contribution in [0.2, 0.25) is 0 Å². The van der Waals surface area contributed by atoms with E-state index < -0.39 is 5.97 Å². The minimum atomic E-state index is -0.561. The Bertz CT molecular complexity index is 311. The van der Waals surface area contributed by atoms with E-state index in [1.165, 1.54) is 6.92 Å². The summed E-state index contributed by atoms with van der Waals surface area (Å²) >= 11 is 5.94. The first kappa shape index (κ1) is 10.2. The van der Waals surface area contributed by atoms with Gasteiger partial charge in [0.25, 0.3) is 5.91 Å². The maximum absolute atomic E-state index is 11.4. The molecule has 1 aliphatic rings. The van der Waals surface area contributed by atoms with E-state index in [2.05, 4.69) is 4.84 Å². The minimum Gasteiger partial charge on any atom is -0.332 e. The quantitative estimate of drug-likeness (QED) is 0.488. The summed E-state index contributed by atoms with van der Waals surface area (Å²) < 4.78 is 0.244. The zero-order chi connectivity index (χ0) is 10.0.